The summed E-state index contributed by atoms with van der Waals surface area (Å²) in [6, 6.07) is 2.62. The lowest BCUT2D eigenvalue weighted by molar-refractivity contribution is 0.541. The van der Waals surface area contributed by atoms with Gasteiger partial charge >= 0.3 is 0 Å². The Morgan fingerprint density at radius 3 is 2.94 bits per heavy atom. The molecule has 3 nitrogen and oxygen atoms in total. The number of hydrogen-bond donors (Lipinski definition) is 1. The van der Waals surface area contributed by atoms with Crippen LogP contribution in [-0.2, 0) is 12.0 Å². The Bertz CT molecular complexity index is 534. The number of aromatic nitrogens is 2. The number of rotatable bonds is 1. The van der Waals surface area contributed by atoms with Crippen molar-refractivity contribution < 1.29 is 0 Å². The van der Waals surface area contributed by atoms with Gasteiger partial charge in [-0.05, 0) is 28.8 Å². The Hall–Kier alpha value is -1.29. The predicted molar refractivity (Wildman–Crippen MR) is 76.2 cm³/mol. The largest absolute Gasteiger partial charge is 0.349 e. The minimum absolute atomic E-state index is 0.115. The molecule has 1 atom stereocenters. The minimum atomic E-state index is 0.115. The highest BCUT2D eigenvalue weighted by atomic mass is 32.1. The van der Waals surface area contributed by atoms with E-state index in [4.69, 9.17) is 4.98 Å². The van der Waals surface area contributed by atoms with E-state index in [2.05, 4.69) is 53.7 Å². The summed E-state index contributed by atoms with van der Waals surface area (Å²) in [4.78, 5) is 4.74. The lowest BCUT2D eigenvalue weighted by atomic mass is 9.93. The molecule has 1 N–H and O–H groups in total. The quantitative estimate of drug-likeness (QED) is 0.846. The maximum Gasteiger partial charge on any atom is 0.203 e. The standard InChI is InChI=1S/C14H19N3S/c1-14(2,3)12-8-17-6-4-11(15-13(17)16-12)10-5-7-18-9-10/h5,7-9,11H,4,6H2,1-3H3,(H,15,16). The molecule has 0 aromatic carbocycles. The minimum Gasteiger partial charge on any atom is -0.349 e. The van der Waals surface area contributed by atoms with Gasteiger partial charge < -0.3 is 9.88 Å². The van der Waals surface area contributed by atoms with E-state index in [0.29, 0.717) is 6.04 Å². The van der Waals surface area contributed by atoms with Gasteiger partial charge in [0.2, 0.25) is 5.95 Å². The van der Waals surface area contributed by atoms with Crippen LogP contribution < -0.4 is 5.32 Å². The Kier molecular flexibility index (Phi) is 2.70. The molecule has 0 aliphatic carbocycles. The average Bonchev–Trinajstić information content (AvgIpc) is 2.96. The molecule has 3 heterocycles. The molecule has 1 aliphatic rings. The molecule has 0 bridgehead atoms. The fourth-order valence-electron chi connectivity index (χ4n) is 2.28. The second-order valence-corrected chi connectivity index (χ2v) is 6.72. The Labute approximate surface area is 112 Å². The van der Waals surface area contributed by atoms with Crippen molar-refractivity contribution in [2.24, 2.45) is 0 Å². The lowest BCUT2D eigenvalue weighted by Gasteiger charge is -2.24. The third-order valence-corrected chi connectivity index (χ3v) is 4.15. The first kappa shape index (κ1) is 11.8. The summed E-state index contributed by atoms with van der Waals surface area (Å²) >= 11 is 1.76. The summed E-state index contributed by atoms with van der Waals surface area (Å²) in [5.41, 5.74) is 2.66. The first-order valence-electron chi connectivity index (χ1n) is 6.40. The zero-order valence-electron chi connectivity index (χ0n) is 11.1. The molecule has 18 heavy (non-hydrogen) atoms. The molecular formula is C14H19N3S. The maximum atomic E-state index is 4.74. The number of nitrogens with one attached hydrogen (secondary N) is 1. The fraction of sp³-hybridized carbons (Fsp3) is 0.500. The summed E-state index contributed by atoms with van der Waals surface area (Å²) < 4.78 is 2.24. The number of aryl methyl sites for hydroxylation is 1. The van der Waals surface area contributed by atoms with Crippen LogP contribution in [0.1, 0.15) is 44.5 Å². The van der Waals surface area contributed by atoms with E-state index < -0.39 is 0 Å². The van der Waals surface area contributed by atoms with Gasteiger partial charge in [0, 0.05) is 18.2 Å². The number of thiophene rings is 1. The number of nitrogens with zero attached hydrogens (tertiary/aromatic N) is 2. The SMILES string of the molecule is CC(C)(C)c1cn2c(n1)NC(c1ccsc1)CC2. The smallest absolute Gasteiger partial charge is 0.203 e. The topological polar surface area (TPSA) is 29.9 Å². The summed E-state index contributed by atoms with van der Waals surface area (Å²) in [7, 11) is 0. The Morgan fingerprint density at radius 2 is 2.28 bits per heavy atom. The van der Waals surface area contributed by atoms with Gasteiger partial charge in [0.25, 0.3) is 0 Å². The Morgan fingerprint density at radius 1 is 1.44 bits per heavy atom. The first-order chi connectivity index (χ1) is 8.54. The van der Waals surface area contributed by atoms with Crippen molar-refractivity contribution >= 4 is 17.3 Å². The third kappa shape index (κ3) is 2.05. The maximum absolute atomic E-state index is 4.74. The Balaban J connectivity index is 1.87. The van der Waals surface area contributed by atoms with Gasteiger partial charge in [-0.1, -0.05) is 20.8 Å². The van der Waals surface area contributed by atoms with Crippen LogP contribution in [0.5, 0.6) is 0 Å². The van der Waals surface area contributed by atoms with Crippen molar-refractivity contribution in [3.63, 3.8) is 0 Å². The summed E-state index contributed by atoms with van der Waals surface area (Å²) in [6.45, 7) is 7.67. The first-order valence-corrected chi connectivity index (χ1v) is 7.34. The number of hydrogen-bond acceptors (Lipinski definition) is 3. The van der Waals surface area contributed by atoms with E-state index >= 15 is 0 Å². The fourth-order valence-corrected chi connectivity index (χ4v) is 3.00. The summed E-state index contributed by atoms with van der Waals surface area (Å²) in [5, 5.41) is 7.91. The van der Waals surface area contributed by atoms with Crippen LogP contribution in [0.25, 0.3) is 0 Å². The van der Waals surface area contributed by atoms with Crippen LogP contribution in [0, 0.1) is 0 Å². The van der Waals surface area contributed by atoms with Gasteiger partial charge in [0.05, 0.1) is 11.7 Å². The van der Waals surface area contributed by atoms with Crippen LogP contribution in [0.4, 0.5) is 5.95 Å². The van der Waals surface area contributed by atoms with Crippen LogP contribution in [0.15, 0.2) is 23.0 Å². The molecule has 96 valence electrons. The monoisotopic (exact) mass is 261 g/mol. The molecule has 0 spiro atoms. The second-order valence-electron chi connectivity index (χ2n) is 5.94. The third-order valence-electron chi connectivity index (χ3n) is 3.45. The molecule has 0 amide bonds. The summed E-state index contributed by atoms with van der Waals surface area (Å²) in [6.07, 6.45) is 3.32. The van der Waals surface area contributed by atoms with Crippen LogP contribution >= 0.6 is 11.3 Å². The summed E-state index contributed by atoms with van der Waals surface area (Å²) in [5.74, 6) is 1.02. The molecule has 0 radical (unpaired) electrons. The normalized spacial score (nSPS) is 19.4. The van der Waals surface area contributed by atoms with Gasteiger partial charge in [-0.3, -0.25) is 0 Å². The highest BCUT2D eigenvalue weighted by Gasteiger charge is 2.24. The molecule has 1 aliphatic heterocycles. The van der Waals surface area contributed by atoms with E-state index in [-0.39, 0.29) is 5.41 Å². The molecule has 0 saturated heterocycles. The second kappa shape index (κ2) is 4.12. The van der Waals surface area contributed by atoms with E-state index in [9.17, 15) is 0 Å². The lowest BCUT2D eigenvalue weighted by Crippen LogP contribution is -2.21. The highest BCUT2D eigenvalue weighted by Crippen LogP contribution is 2.31. The van der Waals surface area contributed by atoms with Gasteiger partial charge in [-0.25, -0.2) is 4.98 Å². The molecular weight excluding hydrogens is 242 g/mol. The molecule has 0 fully saturated rings. The van der Waals surface area contributed by atoms with Gasteiger partial charge in [-0.2, -0.15) is 11.3 Å². The number of fused-ring (bicyclic) bond motifs is 1. The van der Waals surface area contributed by atoms with Crippen molar-refractivity contribution in [2.75, 3.05) is 5.32 Å². The molecule has 3 rings (SSSR count). The van der Waals surface area contributed by atoms with Crippen molar-refractivity contribution in [3.05, 3.63) is 34.3 Å². The van der Waals surface area contributed by atoms with Gasteiger partial charge in [0.15, 0.2) is 0 Å². The van der Waals surface area contributed by atoms with Gasteiger partial charge in [-0.15, -0.1) is 0 Å². The van der Waals surface area contributed by atoms with Crippen molar-refractivity contribution in [2.45, 2.75) is 45.2 Å². The van der Waals surface area contributed by atoms with Crippen LogP contribution in [0.2, 0.25) is 0 Å². The van der Waals surface area contributed by atoms with Crippen molar-refractivity contribution in [3.8, 4) is 0 Å². The van der Waals surface area contributed by atoms with Crippen molar-refractivity contribution in [1.82, 2.24) is 9.55 Å². The van der Waals surface area contributed by atoms with E-state index in [0.717, 1.165) is 24.6 Å². The molecule has 1 unspecified atom stereocenters. The van der Waals surface area contributed by atoms with Gasteiger partial charge in [0.1, 0.15) is 0 Å². The molecule has 2 aromatic rings. The van der Waals surface area contributed by atoms with E-state index in [1.165, 1.54) is 5.56 Å². The zero-order valence-corrected chi connectivity index (χ0v) is 11.9. The molecule has 4 heteroatoms. The van der Waals surface area contributed by atoms with Crippen LogP contribution in [-0.4, -0.2) is 9.55 Å². The van der Waals surface area contributed by atoms with Crippen molar-refractivity contribution in [1.29, 1.82) is 0 Å². The van der Waals surface area contributed by atoms with Crippen LogP contribution in [0.3, 0.4) is 0 Å². The number of imidazole rings is 1. The van der Waals surface area contributed by atoms with E-state index in [1.807, 2.05) is 0 Å². The highest BCUT2D eigenvalue weighted by molar-refractivity contribution is 7.07. The zero-order chi connectivity index (χ0) is 12.8. The number of anilines is 1. The predicted octanol–water partition coefficient (Wildman–Crippen LogP) is 3.80. The average molecular weight is 261 g/mol. The van der Waals surface area contributed by atoms with E-state index in [1.54, 1.807) is 11.3 Å². The molecule has 2 aromatic heterocycles. The molecule has 0 saturated carbocycles.